The zero-order chi connectivity index (χ0) is 12.5. The fourth-order valence-corrected chi connectivity index (χ4v) is 1.49. The van der Waals surface area contributed by atoms with Gasteiger partial charge in [0.25, 0.3) is 0 Å². The van der Waals surface area contributed by atoms with Crippen LogP contribution in [0, 0.1) is 18.3 Å². The first-order valence-electron chi connectivity index (χ1n) is 5.97. The number of likely N-dealkylation sites (N-methyl/N-ethyl adjacent to an activating group) is 1. The molecule has 0 unspecified atom stereocenters. The summed E-state index contributed by atoms with van der Waals surface area (Å²) in [6.45, 7) is 4.59. The van der Waals surface area contributed by atoms with Crippen molar-refractivity contribution in [1.29, 1.82) is 5.26 Å². The molecule has 0 aliphatic carbocycles. The van der Waals surface area contributed by atoms with Gasteiger partial charge < -0.3 is 9.64 Å². The summed E-state index contributed by atoms with van der Waals surface area (Å²) in [5, 5.41) is 8.43. The second-order valence-electron chi connectivity index (χ2n) is 4.23. The van der Waals surface area contributed by atoms with Gasteiger partial charge >= 0.3 is 0 Å². The summed E-state index contributed by atoms with van der Waals surface area (Å²) in [6, 6.07) is 10.2. The molecule has 0 amide bonds. The lowest BCUT2D eigenvalue weighted by molar-refractivity contribution is 0.236. The van der Waals surface area contributed by atoms with Crippen LogP contribution in [0.2, 0.25) is 0 Å². The van der Waals surface area contributed by atoms with Gasteiger partial charge in [-0.25, -0.2) is 0 Å². The lowest BCUT2D eigenvalue weighted by Gasteiger charge is -2.16. The normalized spacial score (nSPS) is 10.2. The van der Waals surface area contributed by atoms with Gasteiger partial charge in [0.1, 0.15) is 12.4 Å². The van der Waals surface area contributed by atoms with Crippen LogP contribution in [-0.4, -0.2) is 31.6 Å². The van der Waals surface area contributed by atoms with E-state index in [0.717, 1.165) is 25.3 Å². The molecule has 0 spiro atoms. The molecule has 0 saturated carbocycles. The average molecular weight is 232 g/mol. The highest BCUT2D eigenvalue weighted by Crippen LogP contribution is 2.11. The van der Waals surface area contributed by atoms with Crippen molar-refractivity contribution in [2.75, 3.05) is 26.7 Å². The van der Waals surface area contributed by atoms with Crippen LogP contribution in [0.15, 0.2) is 24.3 Å². The highest BCUT2D eigenvalue weighted by Gasteiger charge is 1.98. The third kappa shape index (κ3) is 5.94. The van der Waals surface area contributed by atoms with Gasteiger partial charge in [0.15, 0.2) is 0 Å². The Kier molecular flexibility index (Phi) is 6.13. The van der Waals surface area contributed by atoms with Gasteiger partial charge in [-0.15, -0.1) is 0 Å². The van der Waals surface area contributed by atoms with Crippen molar-refractivity contribution in [3.05, 3.63) is 29.8 Å². The molecule has 0 atom stereocenters. The Morgan fingerprint density at radius 2 is 1.94 bits per heavy atom. The number of rotatable bonds is 7. The highest BCUT2D eigenvalue weighted by atomic mass is 16.5. The number of benzene rings is 1. The molecule has 1 rings (SSSR count). The largest absolute Gasteiger partial charge is 0.492 e. The lowest BCUT2D eigenvalue weighted by atomic mass is 10.2. The van der Waals surface area contributed by atoms with Gasteiger partial charge in [0.05, 0.1) is 6.07 Å². The van der Waals surface area contributed by atoms with Crippen LogP contribution in [0.4, 0.5) is 0 Å². The smallest absolute Gasteiger partial charge is 0.119 e. The van der Waals surface area contributed by atoms with Crippen molar-refractivity contribution in [3.63, 3.8) is 0 Å². The molecule has 17 heavy (non-hydrogen) atoms. The highest BCUT2D eigenvalue weighted by molar-refractivity contribution is 5.26. The first kappa shape index (κ1) is 13.5. The van der Waals surface area contributed by atoms with Crippen LogP contribution in [0.5, 0.6) is 5.75 Å². The van der Waals surface area contributed by atoms with E-state index in [-0.39, 0.29) is 0 Å². The predicted molar refractivity (Wildman–Crippen MR) is 69.0 cm³/mol. The van der Waals surface area contributed by atoms with Gasteiger partial charge in [-0.1, -0.05) is 17.7 Å². The Balaban J connectivity index is 2.15. The van der Waals surface area contributed by atoms with Crippen molar-refractivity contribution in [2.24, 2.45) is 0 Å². The second kappa shape index (κ2) is 7.70. The minimum Gasteiger partial charge on any atom is -0.492 e. The van der Waals surface area contributed by atoms with Gasteiger partial charge in [0.2, 0.25) is 0 Å². The Labute approximate surface area is 104 Å². The zero-order valence-corrected chi connectivity index (χ0v) is 10.6. The van der Waals surface area contributed by atoms with E-state index in [4.69, 9.17) is 10.00 Å². The van der Waals surface area contributed by atoms with E-state index in [0.29, 0.717) is 13.0 Å². The van der Waals surface area contributed by atoms with E-state index in [1.54, 1.807) is 0 Å². The number of hydrogen-bond donors (Lipinski definition) is 0. The average Bonchev–Trinajstić information content (AvgIpc) is 2.32. The van der Waals surface area contributed by atoms with Crippen LogP contribution in [-0.2, 0) is 0 Å². The van der Waals surface area contributed by atoms with E-state index in [1.165, 1.54) is 5.56 Å². The summed E-state index contributed by atoms with van der Waals surface area (Å²) in [7, 11) is 2.05. The number of unbranched alkanes of at least 4 members (excludes halogenated alkanes) is 1. The maximum absolute atomic E-state index is 8.43. The molecule has 0 aliphatic rings. The molecule has 3 nitrogen and oxygen atoms in total. The fraction of sp³-hybridized carbons (Fsp3) is 0.500. The standard InChI is InChI=1S/C14H20N2O/c1-13-5-7-14(8-6-13)17-12-11-16(2)10-4-3-9-15/h5-8H,3-4,10-12H2,1-2H3. The van der Waals surface area contributed by atoms with Crippen LogP contribution in [0.1, 0.15) is 18.4 Å². The summed E-state index contributed by atoms with van der Waals surface area (Å²) in [6.07, 6.45) is 1.56. The van der Waals surface area contributed by atoms with E-state index in [1.807, 2.05) is 24.3 Å². The minimum absolute atomic E-state index is 0.628. The molecule has 0 saturated heterocycles. The predicted octanol–water partition coefficient (Wildman–Crippen LogP) is 2.61. The zero-order valence-electron chi connectivity index (χ0n) is 10.6. The molecular weight excluding hydrogens is 212 g/mol. The molecule has 0 bridgehead atoms. The molecule has 92 valence electrons. The van der Waals surface area contributed by atoms with Crippen molar-refractivity contribution >= 4 is 0 Å². The third-order valence-electron chi connectivity index (χ3n) is 2.59. The lowest BCUT2D eigenvalue weighted by Crippen LogP contribution is -2.25. The van der Waals surface area contributed by atoms with Crippen LogP contribution in [0.3, 0.4) is 0 Å². The minimum atomic E-state index is 0.628. The fourth-order valence-electron chi connectivity index (χ4n) is 1.49. The maximum Gasteiger partial charge on any atom is 0.119 e. The van der Waals surface area contributed by atoms with Crippen LogP contribution < -0.4 is 4.74 Å². The van der Waals surface area contributed by atoms with E-state index >= 15 is 0 Å². The molecule has 0 fully saturated rings. The molecule has 0 heterocycles. The number of nitrogens with zero attached hydrogens (tertiary/aromatic N) is 2. The molecule has 1 aromatic rings. The Bertz CT molecular complexity index is 353. The third-order valence-corrected chi connectivity index (χ3v) is 2.59. The Morgan fingerprint density at radius 3 is 2.59 bits per heavy atom. The SMILES string of the molecule is Cc1ccc(OCCN(C)CCCC#N)cc1. The van der Waals surface area contributed by atoms with Crippen molar-refractivity contribution < 1.29 is 4.74 Å². The van der Waals surface area contributed by atoms with E-state index in [9.17, 15) is 0 Å². The molecule has 0 radical (unpaired) electrons. The topological polar surface area (TPSA) is 36.3 Å². The molecule has 0 N–H and O–H groups in total. The maximum atomic E-state index is 8.43. The second-order valence-corrected chi connectivity index (χ2v) is 4.23. The Morgan fingerprint density at radius 1 is 1.24 bits per heavy atom. The van der Waals surface area contributed by atoms with E-state index in [2.05, 4.69) is 24.9 Å². The number of aryl methyl sites for hydroxylation is 1. The Hall–Kier alpha value is -1.53. The number of nitriles is 1. The van der Waals surface area contributed by atoms with Gasteiger partial charge in [-0.3, -0.25) is 0 Å². The molecular formula is C14H20N2O. The van der Waals surface area contributed by atoms with Crippen molar-refractivity contribution in [3.8, 4) is 11.8 Å². The molecule has 1 aromatic carbocycles. The molecule has 0 aliphatic heterocycles. The van der Waals surface area contributed by atoms with Gasteiger partial charge in [0, 0.05) is 13.0 Å². The van der Waals surface area contributed by atoms with E-state index < -0.39 is 0 Å². The molecule has 3 heteroatoms. The van der Waals surface area contributed by atoms with Crippen LogP contribution in [0.25, 0.3) is 0 Å². The first-order valence-corrected chi connectivity index (χ1v) is 5.97. The monoisotopic (exact) mass is 232 g/mol. The van der Waals surface area contributed by atoms with Crippen molar-refractivity contribution in [2.45, 2.75) is 19.8 Å². The van der Waals surface area contributed by atoms with Crippen molar-refractivity contribution in [1.82, 2.24) is 4.90 Å². The summed E-state index contributed by atoms with van der Waals surface area (Å²) >= 11 is 0. The van der Waals surface area contributed by atoms with Gasteiger partial charge in [-0.05, 0) is 39.1 Å². The number of ether oxygens (including phenoxy) is 1. The summed E-state index contributed by atoms with van der Waals surface area (Å²) < 4.78 is 5.63. The summed E-state index contributed by atoms with van der Waals surface area (Å²) in [5.74, 6) is 0.918. The van der Waals surface area contributed by atoms with Crippen LogP contribution >= 0.6 is 0 Å². The quantitative estimate of drug-likeness (QED) is 0.678. The summed E-state index contributed by atoms with van der Waals surface area (Å²) in [4.78, 5) is 2.19. The first-order chi connectivity index (χ1) is 8.22. The van der Waals surface area contributed by atoms with Gasteiger partial charge in [-0.2, -0.15) is 5.26 Å². The number of hydrogen-bond acceptors (Lipinski definition) is 3. The molecule has 0 aromatic heterocycles. The summed E-state index contributed by atoms with van der Waals surface area (Å²) in [5.41, 5.74) is 1.24.